The number of halogens is 1. The van der Waals surface area contributed by atoms with Crippen LogP contribution in [-0.4, -0.2) is 39.8 Å². The molecule has 0 spiro atoms. The van der Waals surface area contributed by atoms with Crippen molar-refractivity contribution in [2.24, 2.45) is 0 Å². The van der Waals surface area contributed by atoms with Gasteiger partial charge >= 0.3 is 0 Å². The Balaban J connectivity index is 2.55. The van der Waals surface area contributed by atoms with E-state index in [1.54, 1.807) is 20.0 Å². The van der Waals surface area contributed by atoms with Crippen LogP contribution in [0.5, 0.6) is 0 Å². The highest BCUT2D eigenvalue weighted by atomic mass is 35.5. The van der Waals surface area contributed by atoms with Gasteiger partial charge in [0.2, 0.25) is 0 Å². The van der Waals surface area contributed by atoms with Gasteiger partial charge in [0, 0.05) is 31.3 Å². The van der Waals surface area contributed by atoms with Crippen molar-refractivity contribution in [3.8, 4) is 0 Å². The number of nitrogens with zero attached hydrogens (tertiary/aromatic N) is 3. The van der Waals surface area contributed by atoms with Gasteiger partial charge in [-0.3, -0.25) is 0 Å². The molecule has 0 amide bonds. The van der Waals surface area contributed by atoms with Gasteiger partial charge in [-0.1, -0.05) is 0 Å². The molecule has 0 saturated heterocycles. The highest BCUT2D eigenvalue weighted by molar-refractivity contribution is 7.92. The minimum atomic E-state index is -3.19. The Labute approximate surface area is 123 Å². The van der Waals surface area contributed by atoms with Crippen LogP contribution in [0.1, 0.15) is 19.7 Å². The molecule has 20 heavy (non-hydrogen) atoms. The molecule has 0 aliphatic rings. The zero-order chi connectivity index (χ0) is 15.0. The van der Waals surface area contributed by atoms with E-state index in [9.17, 15) is 8.42 Å². The topological polar surface area (TPSA) is 64.8 Å². The van der Waals surface area contributed by atoms with E-state index in [4.69, 9.17) is 11.6 Å². The lowest BCUT2D eigenvalue weighted by atomic mass is 10.2. The van der Waals surface area contributed by atoms with Crippen molar-refractivity contribution in [2.45, 2.75) is 31.6 Å². The quantitative estimate of drug-likeness (QED) is 0.792. The first-order valence-corrected chi connectivity index (χ1v) is 8.74. The molecule has 2 aromatic rings. The number of pyridine rings is 1. The second kappa shape index (κ2) is 5.33. The third kappa shape index (κ3) is 2.81. The lowest BCUT2D eigenvalue weighted by Crippen LogP contribution is -2.36. The minimum absolute atomic E-state index is 0.311. The summed E-state index contributed by atoms with van der Waals surface area (Å²) in [4.78, 5) is 8.80. The van der Waals surface area contributed by atoms with Crippen LogP contribution >= 0.6 is 11.6 Å². The maximum Gasteiger partial charge on any atom is 0.160 e. The number of hydrogen-bond donors (Lipinski definition) is 0. The highest BCUT2D eigenvalue weighted by Crippen LogP contribution is 2.23. The van der Waals surface area contributed by atoms with Gasteiger partial charge in [-0.15, -0.1) is 11.6 Å². The minimum Gasteiger partial charge on any atom is -0.311 e. The Kier molecular flexibility index (Phi) is 4.07. The van der Waals surface area contributed by atoms with Crippen LogP contribution < -0.4 is 0 Å². The number of fused-ring (bicyclic) bond motifs is 1. The molecule has 110 valence electrons. The largest absolute Gasteiger partial charge is 0.311 e. The fourth-order valence-electron chi connectivity index (χ4n) is 1.94. The summed E-state index contributed by atoms with van der Waals surface area (Å²) < 4.78 is 24.8. The number of aryl methyl sites for hydroxylation is 1. The fourth-order valence-corrected chi connectivity index (χ4v) is 2.48. The Morgan fingerprint density at radius 3 is 2.70 bits per heavy atom. The van der Waals surface area contributed by atoms with Gasteiger partial charge in [-0.25, -0.2) is 18.4 Å². The molecular formula is C13H18ClN3O2S. The Hall–Kier alpha value is -1.14. The number of hydrogen-bond acceptors (Lipinski definition) is 4. The summed E-state index contributed by atoms with van der Waals surface area (Å²) in [5, 5.41) is 0. The summed E-state index contributed by atoms with van der Waals surface area (Å²) in [5.41, 5.74) is 1.46. The summed E-state index contributed by atoms with van der Waals surface area (Å²) in [6, 6.07) is 3.68. The maximum atomic E-state index is 11.9. The molecule has 2 aromatic heterocycles. The second-order valence-electron chi connectivity index (χ2n) is 5.43. The van der Waals surface area contributed by atoms with Gasteiger partial charge < -0.3 is 4.57 Å². The zero-order valence-electron chi connectivity index (χ0n) is 11.8. The van der Waals surface area contributed by atoms with E-state index in [-0.39, 0.29) is 0 Å². The molecule has 7 heteroatoms. The van der Waals surface area contributed by atoms with Crippen molar-refractivity contribution in [1.29, 1.82) is 0 Å². The summed E-state index contributed by atoms with van der Waals surface area (Å²) in [6.07, 6.45) is 3.51. The Bertz CT molecular complexity index is 722. The predicted molar refractivity (Wildman–Crippen MR) is 80.9 cm³/mol. The van der Waals surface area contributed by atoms with Crippen LogP contribution in [0.2, 0.25) is 0 Å². The van der Waals surface area contributed by atoms with Crippen molar-refractivity contribution in [3.63, 3.8) is 0 Å². The number of sulfone groups is 1. The molecule has 2 heterocycles. The van der Waals surface area contributed by atoms with Gasteiger partial charge in [0.05, 0.1) is 4.75 Å². The molecule has 0 fully saturated rings. The third-order valence-electron chi connectivity index (χ3n) is 3.44. The van der Waals surface area contributed by atoms with E-state index in [2.05, 4.69) is 9.97 Å². The van der Waals surface area contributed by atoms with E-state index in [0.717, 1.165) is 11.3 Å². The Morgan fingerprint density at radius 1 is 1.40 bits per heavy atom. The van der Waals surface area contributed by atoms with Gasteiger partial charge in [0.1, 0.15) is 11.3 Å². The fraction of sp³-hybridized carbons (Fsp3) is 0.538. The summed E-state index contributed by atoms with van der Waals surface area (Å²) >= 11 is 5.80. The summed E-state index contributed by atoms with van der Waals surface area (Å²) in [5.74, 6) is 1.20. The smallest absolute Gasteiger partial charge is 0.160 e. The first kappa shape index (κ1) is 15.3. The molecule has 0 atom stereocenters. The van der Waals surface area contributed by atoms with Crippen LogP contribution in [0, 0.1) is 0 Å². The van der Waals surface area contributed by atoms with E-state index < -0.39 is 14.6 Å². The van der Waals surface area contributed by atoms with Crippen LogP contribution in [0.25, 0.3) is 11.2 Å². The molecule has 0 unspecified atom stereocenters. The van der Waals surface area contributed by atoms with Crippen molar-refractivity contribution >= 4 is 32.6 Å². The van der Waals surface area contributed by atoms with Crippen molar-refractivity contribution in [2.75, 3.05) is 12.1 Å². The molecule has 0 aromatic carbocycles. The van der Waals surface area contributed by atoms with Crippen molar-refractivity contribution in [1.82, 2.24) is 14.5 Å². The van der Waals surface area contributed by atoms with E-state index in [1.165, 1.54) is 6.26 Å². The van der Waals surface area contributed by atoms with Crippen LogP contribution in [-0.2, 0) is 22.8 Å². The molecule has 0 aliphatic carbocycles. The van der Waals surface area contributed by atoms with E-state index >= 15 is 0 Å². The molecule has 5 nitrogen and oxygen atoms in total. The predicted octanol–water partition coefficient (Wildman–Crippen LogP) is 2.04. The van der Waals surface area contributed by atoms with E-state index in [1.807, 2.05) is 16.7 Å². The van der Waals surface area contributed by atoms with Gasteiger partial charge in [0.25, 0.3) is 0 Å². The maximum absolute atomic E-state index is 11.9. The lowest BCUT2D eigenvalue weighted by Gasteiger charge is -2.24. The van der Waals surface area contributed by atoms with Gasteiger partial charge in [-0.05, 0) is 26.0 Å². The summed E-state index contributed by atoms with van der Waals surface area (Å²) in [7, 11) is -3.19. The SMILES string of the molecule is CC(C)(Cn1c(CCCl)nc2cccnc21)S(C)(=O)=O. The van der Waals surface area contributed by atoms with Crippen LogP contribution in [0.15, 0.2) is 18.3 Å². The first-order chi connectivity index (χ1) is 9.26. The molecule has 0 radical (unpaired) electrons. The van der Waals surface area contributed by atoms with E-state index in [0.29, 0.717) is 24.5 Å². The molecule has 0 N–H and O–H groups in total. The first-order valence-electron chi connectivity index (χ1n) is 6.32. The monoisotopic (exact) mass is 315 g/mol. The van der Waals surface area contributed by atoms with Crippen molar-refractivity contribution < 1.29 is 8.42 Å². The number of alkyl halides is 1. The Morgan fingerprint density at radius 2 is 2.10 bits per heavy atom. The van der Waals surface area contributed by atoms with Gasteiger partial charge in [0.15, 0.2) is 15.5 Å². The highest BCUT2D eigenvalue weighted by Gasteiger charge is 2.32. The second-order valence-corrected chi connectivity index (χ2v) is 8.46. The average Bonchev–Trinajstić information content (AvgIpc) is 2.66. The summed E-state index contributed by atoms with van der Waals surface area (Å²) in [6.45, 7) is 3.73. The lowest BCUT2D eigenvalue weighted by molar-refractivity contribution is 0.499. The number of aromatic nitrogens is 3. The van der Waals surface area contributed by atoms with Gasteiger partial charge in [-0.2, -0.15) is 0 Å². The van der Waals surface area contributed by atoms with Crippen LogP contribution in [0.4, 0.5) is 0 Å². The normalized spacial score (nSPS) is 13.0. The van der Waals surface area contributed by atoms with Crippen molar-refractivity contribution in [3.05, 3.63) is 24.2 Å². The molecular weight excluding hydrogens is 298 g/mol. The zero-order valence-corrected chi connectivity index (χ0v) is 13.4. The number of imidazole rings is 1. The third-order valence-corrected chi connectivity index (χ3v) is 5.77. The standard InChI is InChI=1S/C13H18ClN3O2S/c1-13(2,20(3,18)19)9-17-11(6-7-14)16-10-5-4-8-15-12(10)17/h4-5,8H,6-7,9H2,1-3H3. The number of rotatable bonds is 5. The van der Waals surface area contributed by atoms with Crippen LogP contribution in [0.3, 0.4) is 0 Å². The molecule has 0 bridgehead atoms. The molecule has 0 saturated carbocycles. The molecule has 0 aliphatic heterocycles. The average molecular weight is 316 g/mol. The molecule has 2 rings (SSSR count).